The van der Waals surface area contributed by atoms with Gasteiger partial charge in [0.15, 0.2) is 0 Å². The molecule has 0 aromatic carbocycles. The number of amides is 1. The average Bonchev–Trinajstić information content (AvgIpc) is 3.06. The van der Waals surface area contributed by atoms with Gasteiger partial charge in [-0.3, -0.25) is 9.59 Å². The number of aryl methyl sites for hydroxylation is 3. The van der Waals surface area contributed by atoms with Crippen LogP contribution in [0.5, 0.6) is 0 Å². The van der Waals surface area contributed by atoms with Crippen LogP contribution in [0, 0.1) is 0 Å². The van der Waals surface area contributed by atoms with Crippen LogP contribution < -0.4 is 10.9 Å². The van der Waals surface area contributed by atoms with Gasteiger partial charge in [-0.25, -0.2) is 4.98 Å². The third-order valence-electron chi connectivity index (χ3n) is 4.71. The Morgan fingerprint density at radius 1 is 1.36 bits per heavy atom. The van der Waals surface area contributed by atoms with Crippen molar-refractivity contribution >= 4 is 5.91 Å². The van der Waals surface area contributed by atoms with Crippen LogP contribution in [-0.2, 0) is 19.4 Å². The molecule has 0 aliphatic heterocycles. The van der Waals surface area contributed by atoms with E-state index in [-0.39, 0.29) is 17.0 Å². The molecule has 0 spiro atoms. The molecule has 0 saturated heterocycles. The summed E-state index contributed by atoms with van der Waals surface area (Å²) in [5.74, 6) is 1.14. The predicted molar refractivity (Wildman–Crippen MR) is 97.0 cm³/mol. The molecule has 2 N–H and O–H groups in total. The number of aromatic nitrogens is 3. The molecular weight excluding hydrogens is 316 g/mol. The second kappa shape index (κ2) is 7.68. The van der Waals surface area contributed by atoms with Crippen LogP contribution >= 0.6 is 0 Å². The van der Waals surface area contributed by atoms with E-state index in [2.05, 4.69) is 33.7 Å². The zero-order valence-corrected chi connectivity index (χ0v) is 15.0. The van der Waals surface area contributed by atoms with Crippen LogP contribution in [-0.4, -0.2) is 27.0 Å². The number of imidazole rings is 1. The molecule has 0 saturated carbocycles. The Hall–Kier alpha value is -2.37. The first-order valence-corrected chi connectivity index (χ1v) is 9.10. The Labute approximate surface area is 147 Å². The molecule has 0 fully saturated rings. The first kappa shape index (κ1) is 17.5. The van der Waals surface area contributed by atoms with Crippen LogP contribution in [0.4, 0.5) is 0 Å². The molecule has 134 valence electrons. The Morgan fingerprint density at radius 3 is 2.96 bits per heavy atom. The molecule has 0 atom stereocenters. The summed E-state index contributed by atoms with van der Waals surface area (Å²) in [6.45, 7) is 5.56. The topological polar surface area (TPSA) is 79.8 Å². The van der Waals surface area contributed by atoms with Gasteiger partial charge in [0.05, 0.1) is 0 Å². The van der Waals surface area contributed by atoms with E-state index in [4.69, 9.17) is 0 Å². The van der Waals surface area contributed by atoms with Crippen molar-refractivity contribution < 1.29 is 4.79 Å². The van der Waals surface area contributed by atoms with Crippen molar-refractivity contribution in [3.63, 3.8) is 0 Å². The smallest absolute Gasteiger partial charge is 0.261 e. The van der Waals surface area contributed by atoms with Crippen molar-refractivity contribution in [3.05, 3.63) is 51.5 Å². The van der Waals surface area contributed by atoms with E-state index in [0.717, 1.165) is 55.7 Å². The summed E-state index contributed by atoms with van der Waals surface area (Å²) in [6, 6.07) is 1.77. The molecule has 0 radical (unpaired) electrons. The number of hydrogen-bond acceptors (Lipinski definition) is 3. The lowest BCUT2D eigenvalue weighted by atomic mass is 9.95. The summed E-state index contributed by atoms with van der Waals surface area (Å²) in [6.07, 6.45) is 8.61. The van der Waals surface area contributed by atoms with Gasteiger partial charge in [-0.05, 0) is 43.7 Å². The first-order chi connectivity index (χ1) is 12.1. The van der Waals surface area contributed by atoms with E-state index in [0.29, 0.717) is 12.5 Å². The van der Waals surface area contributed by atoms with Gasteiger partial charge < -0.3 is 14.9 Å². The number of fused-ring (bicyclic) bond motifs is 1. The van der Waals surface area contributed by atoms with Crippen LogP contribution in [0.15, 0.2) is 23.3 Å². The third-order valence-corrected chi connectivity index (χ3v) is 4.71. The fourth-order valence-electron chi connectivity index (χ4n) is 3.40. The number of nitrogens with zero attached hydrogens (tertiary/aromatic N) is 2. The number of carbonyl (C=O) groups excluding carboxylic acids is 1. The number of nitrogens with one attached hydrogen (secondary N) is 2. The maximum absolute atomic E-state index is 12.3. The van der Waals surface area contributed by atoms with E-state index in [1.807, 2.05) is 6.20 Å². The molecule has 1 amide bonds. The molecule has 2 aromatic heterocycles. The van der Waals surface area contributed by atoms with Gasteiger partial charge in [-0.15, -0.1) is 0 Å². The van der Waals surface area contributed by atoms with Gasteiger partial charge in [-0.2, -0.15) is 0 Å². The number of H-pyrrole nitrogens is 1. The molecule has 1 aliphatic rings. The Bertz CT molecular complexity index is 804. The highest BCUT2D eigenvalue weighted by atomic mass is 16.2. The summed E-state index contributed by atoms with van der Waals surface area (Å²) in [5, 5.41) is 2.87. The lowest BCUT2D eigenvalue weighted by molar-refractivity contribution is 0.0951. The van der Waals surface area contributed by atoms with Gasteiger partial charge in [0.25, 0.3) is 11.5 Å². The molecule has 6 heteroatoms. The highest BCUT2D eigenvalue weighted by Crippen LogP contribution is 2.18. The van der Waals surface area contributed by atoms with Crippen LogP contribution in [0.1, 0.15) is 66.5 Å². The quantitative estimate of drug-likeness (QED) is 0.791. The monoisotopic (exact) mass is 342 g/mol. The number of pyridine rings is 1. The number of rotatable bonds is 6. The lowest BCUT2D eigenvalue weighted by Gasteiger charge is -2.16. The van der Waals surface area contributed by atoms with E-state index in [1.54, 1.807) is 12.3 Å². The zero-order chi connectivity index (χ0) is 17.8. The molecule has 0 bridgehead atoms. The predicted octanol–water partition coefficient (Wildman–Crippen LogP) is 2.39. The average molecular weight is 342 g/mol. The molecule has 0 unspecified atom stereocenters. The van der Waals surface area contributed by atoms with Gasteiger partial charge in [0.1, 0.15) is 11.4 Å². The second-order valence-electron chi connectivity index (χ2n) is 6.97. The SMILES string of the molecule is CC(C)c1nccn1CCCNC(=O)c1cc2c([nH]c1=O)CCCC2. The van der Waals surface area contributed by atoms with Gasteiger partial charge in [-0.1, -0.05) is 13.8 Å². The summed E-state index contributed by atoms with van der Waals surface area (Å²) in [7, 11) is 0. The van der Waals surface area contributed by atoms with E-state index < -0.39 is 0 Å². The molecule has 2 heterocycles. The molecular formula is C19H26N4O2. The number of carbonyl (C=O) groups is 1. The van der Waals surface area contributed by atoms with Crippen LogP contribution in [0.25, 0.3) is 0 Å². The highest BCUT2D eigenvalue weighted by molar-refractivity contribution is 5.94. The van der Waals surface area contributed by atoms with E-state index in [9.17, 15) is 9.59 Å². The van der Waals surface area contributed by atoms with Crippen molar-refractivity contribution in [3.8, 4) is 0 Å². The maximum Gasteiger partial charge on any atom is 0.261 e. The normalized spacial score (nSPS) is 13.7. The Balaban J connectivity index is 1.56. The molecule has 2 aromatic rings. The summed E-state index contributed by atoms with van der Waals surface area (Å²) in [5.41, 5.74) is 2.05. The maximum atomic E-state index is 12.3. The van der Waals surface area contributed by atoms with Crippen molar-refractivity contribution in [1.82, 2.24) is 19.9 Å². The second-order valence-corrected chi connectivity index (χ2v) is 6.97. The summed E-state index contributed by atoms with van der Waals surface area (Å²) >= 11 is 0. The molecule has 25 heavy (non-hydrogen) atoms. The van der Waals surface area contributed by atoms with Crippen molar-refractivity contribution in [2.45, 2.75) is 58.4 Å². The number of hydrogen-bond donors (Lipinski definition) is 2. The van der Waals surface area contributed by atoms with E-state index in [1.165, 1.54) is 0 Å². The van der Waals surface area contributed by atoms with Crippen molar-refractivity contribution in [2.75, 3.05) is 6.54 Å². The standard InChI is InChI=1S/C19H26N4O2/c1-13(2)17-20-9-11-23(17)10-5-8-21-18(24)15-12-14-6-3-4-7-16(14)22-19(15)25/h9,11-13H,3-8,10H2,1-2H3,(H,21,24)(H,22,25). The first-order valence-electron chi connectivity index (χ1n) is 9.10. The summed E-state index contributed by atoms with van der Waals surface area (Å²) < 4.78 is 2.11. The lowest BCUT2D eigenvalue weighted by Crippen LogP contribution is -2.32. The minimum Gasteiger partial charge on any atom is -0.352 e. The van der Waals surface area contributed by atoms with Gasteiger partial charge in [0.2, 0.25) is 0 Å². The number of aromatic amines is 1. The Morgan fingerprint density at radius 2 is 2.16 bits per heavy atom. The van der Waals surface area contributed by atoms with Crippen molar-refractivity contribution in [1.29, 1.82) is 0 Å². The molecule has 3 rings (SSSR count). The van der Waals surface area contributed by atoms with Crippen molar-refractivity contribution in [2.24, 2.45) is 0 Å². The zero-order valence-electron chi connectivity index (χ0n) is 15.0. The van der Waals surface area contributed by atoms with E-state index >= 15 is 0 Å². The fourth-order valence-corrected chi connectivity index (χ4v) is 3.40. The highest BCUT2D eigenvalue weighted by Gasteiger charge is 2.16. The van der Waals surface area contributed by atoms with Gasteiger partial charge in [0, 0.05) is 37.1 Å². The van der Waals surface area contributed by atoms with Crippen LogP contribution in [0.3, 0.4) is 0 Å². The Kier molecular flexibility index (Phi) is 5.36. The molecule has 6 nitrogen and oxygen atoms in total. The molecule has 1 aliphatic carbocycles. The fraction of sp³-hybridized carbons (Fsp3) is 0.526. The minimum absolute atomic E-state index is 0.228. The third kappa shape index (κ3) is 4.00. The minimum atomic E-state index is -0.288. The summed E-state index contributed by atoms with van der Waals surface area (Å²) in [4.78, 5) is 31.7. The largest absolute Gasteiger partial charge is 0.352 e. The van der Waals surface area contributed by atoms with Crippen LogP contribution in [0.2, 0.25) is 0 Å². The van der Waals surface area contributed by atoms with Gasteiger partial charge >= 0.3 is 0 Å².